The molecule has 2 N–H and O–H groups in total. The summed E-state index contributed by atoms with van der Waals surface area (Å²) in [5.41, 5.74) is -2.24. The van der Waals surface area contributed by atoms with Gasteiger partial charge in [0, 0.05) is 5.56 Å². The molecular weight excluding hydrogens is 209 g/mol. The monoisotopic (exact) mass is 220 g/mol. The van der Waals surface area contributed by atoms with Gasteiger partial charge in [-0.15, -0.1) is 0 Å². The van der Waals surface area contributed by atoms with Gasteiger partial charge in [-0.05, 0) is 26.0 Å². The average Bonchev–Trinajstić information content (AvgIpc) is 1.99. The molecule has 0 amide bonds. The minimum absolute atomic E-state index is 0.0653. The third-order valence-corrected chi connectivity index (χ3v) is 1.98. The van der Waals surface area contributed by atoms with Gasteiger partial charge in [0.25, 0.3) is 0 Å². The van der Waals surface area contributed by atoms with Gasteiger partial charge in [0.2, 0.25) is 0 Å². The fourth-order valence-electron chi connectivity index (χ4n) is 1.23. The van der Waals surface area contributed by atoms with Crippen molar-refractivity contribution in [3.05, 3.63) is 29.3 Å². The number of rotatable bonds is 1. The van der Waals surface area contributed by atoms with E-state index < -0.39 is 23.1 Å². The average molecular weight is 220 g/mol. The van der Waals surface area contributed by atoms with E-state index in [9.17, 15) is 23.4 Å². The normalized spacial score (nSPS) is 12.9. The van der Waals surface area contributed by atoms with Gasteiger partial charge < -0.3 is 10.2 Å². The molecular formula is C10H11F3O2. The number of aromatic hydroxyl groups is 1. The number of phenolic OH excluding ortho intramolecular Hbond substituents is 1. The number of phenols is 1. The summed E-state index contributed by atoms with van der Waals surface area (Å²) in [4.78, 5) is 0. The minimum Gasteiger partial charge on any atom is -0.508 e. The molecule has 1 aromatic carbocycles. The third-order valence-electron chi connectivity index (χ3n) is 1.98. The predicted octanol–water partition coefficient (Wildman–Crippen LogP) is 2.64. The van der Waals surface area contributed by atoms with Crippen LogP contribution in [0.25, 0.3) is 0 Å². The molecule has 0 atom stereocenters. The summed E-state index contributed by atoms with van der Waals surface area (Å²) in [6.45, 7) is 2.77. The number of halogens is 3. The molecule has 0 unspecified atom stereocenters. The Morgan fingerprint density at radius 3 is 2.00 bits per heavy atom. The number of hydrogen-bond donors (Lipinski definition) is 2. The van der Waals surface area contributed by atoms with Gasteiger partial charge in [-0.3, -0.25) is 0 Å². The van der Waals surface area contributed by atoms with E-state index in [1.807, 2.05) is 0 Å². The zero-order chi connectivity index (χ0) is 11.9. The van der Waals surface area contributed by atoms with Crippen LogP contribution in [0.1, 0.15) is 25.0 Å². The fraction of sp³-hybridized carbons (Fsp3) is 0.400. The largest absolute Gasteiger partial charge is 0.508 e. The minimum atomic E-state index is -4.49. The van der Waals surface area contributed by atoms with Gasteiger partial charge in [-0.2, -0.15) is 13.2 Å². The molecule has 0 heterocycles. The van der Waals surface area contributed by atoms with E-state index in [2.05, 4.69) is 0 Å². The first kappa shape index (κ1) is 11.8. The van der Waals surface area contributed by atoms with Gasteiger partial charge >= 0.3 is 6.18 Å². The quantitative estimate of drug-likeness (QED) is 0.763. The molecule has 0 saturated carbocycles. The summed E-state index contributed by atoms with van der Waals surface area (Å²) in [6, 6.07) is 2.50. The smallest absolute Gasteiger partial charge is 0.416 e. The van der Waals surface area contributed by atoms with Gasteiger partial charge in [-0.1, -0.05) is 6.07 Å². The summed E-state index contributed by atoms with van der Waals surface area (Å²) in [6.07, 6.45) is -4.49. The van der Waals surface area contributed by atoms with Crippen LogP contribution in [0.15, 0.2) is 18.2 Å². The Morgan fingerprint density at radius 1 is 1.13 bits per heavy atom. The van der Waals surface area contributed by atoms with E-state index in [1.165, 1.54) is 13.8 Å². The molecule has 0 spiro atoms. The molecule has 0 bridgehead atoms. The van der Waals surface area contributed by atoms with Crippen LogP contribution >= 0.6 is 0 Å². The summed E-state index contributed by atoms with van der Waals surface area (Å²) < 4.78 is 36.7. The lowest BCUT2D eigenvalue weighted by Crippen LogP contribution is -2.16. The van der Waals surface area contributed by atoms with E-state index >= 15 is 0 Å². The Kier molecular flexibility index (Phi) is 2.69. The van der Waals surface area contributed by atoms with Crippen LogP contribution in [0.2, 0.25) is 0 Å². The van der Waals surface area contributed by atoms with E-state index in [4.69, 9.17) is 0 Å². The Labute approximate surface area is 85.0 Å². The molecule has 2 nitrogen and oxygen atoms in total. The summed E-state index contributed by atoms with van der Waals surface area (Å²) in [5, 5.41) is 18.9. The molecule has 0 aromatic heterocycles. The van der Waals surface area contributed by atoms with Gasteiger partial charge in [0.1, 0.15) is 5.75 Å². The van der Waals surface area contributed by atoms with Crippen molar-refractivity contribution in [2.75, 3.05) is 0 Å². The van der Waals surface area contributed by atoms with Crippen LogP contribution in [-0.4, -0.2) is 10.2 Å². The van der Waals surface area contributed by atoms with Crippen molar-refractivity contribution in [1.82, 2.24) is 0 Å². The molecule has 0 aliphatic heterocycles. The molecule has 0 aliphatic carbocycles. The highest BCUT2D eigenvalue weighted by atomic mass is 19.4. The first-order valence-corrected chi connectivity index (χ1v) is 4.25. The van der Waals surface area contributed by atoms with Gasteiger partial charge in [0.05, 0.1) is 11.2 Å². The topological polar surface area (TPSA) is 40.5 Å². The SMILES string of the molecule is CC(C)(O)c1ccc(C(F)(F)F)cc1O. The standard InChI is InChI=1S/C10H11F3O2/c1-9(2,15)7-4-3-6(5-8(7)14)10(11,12)13/h3-5,14-15H,1-2H3. The predicted molar refractivity (Wildman–Crippen MR) is 48.4 cm³/mol. The highest BCUT2D eigenvalue weighted by Crippen LogP contribution is 2.35. The second kappa shape index (κ2) is 3.41. The molecule has 1 aromatic rings. The number of aliphatic hydroxyl groups is 1. The Morgan fingerprint density at radius 2 is 1.67 bits per heavy atom. The summed E-state index contributed by atoms with van der Waals surface area (Å²) in [5.74, 6) is -0.558. The van der Waals surface area contributed by atoms with Crippen molar-refractivity contribution in [3.63, 3.8) is 0 Å². The van der Waals surface area contributed by atoms with Gasteiger partial charge in [0.15, 0.2) is 0 Å². The number of hydrogen-bond acceptors (Lipinski definition) is 2. The van der Waals surface area contributed by atoms with Crippen LogP contribution in [0.5, 0.6) is 5.75 Å². The maximum Gasteiger partial charge on any atom is 0.416 e. The van der Waals surface area contributed by atoms with Crippen molar-refractivity contribution in [2.45, 2.75) is 25.6 Å². The Bertz CT molecular complexity index is 364. The van der Waals surface area contributed by atoms with Crippen molar-refractivity contribution in [1.29, 1.82) is 0 Å². The first-order valence-electron chi connectivity index (χ1n) is 4.25. The highest BCUT2D eigenvalue weighted by molar-refractivity contribution is 5.40. The van der Waals surface area contributed by atoms with E-state index in [0.717, 1.165) is 12.1 Å². The van der Waals surface area contributed by atoms with E-state index in [1.54, 1.807) is 0 Å². The zero-order valence-corrected chi connectivity index (χ0v) is 8.26. The van der Waals surface area contributed by atoms with Crippen LogP contribution in [0, 0.1) is 0 Å². The van der Waals surface area contributed by atoms with Crippen LogP contribution in [-0.2, 0) is 11.8 Å². The van der Waals surface area contributed by atoms with Crippen molar-refractivity contribution >= 4 is 0 Å². The molecule has 15 heavy (non-hydrogen) atoms. The molecule has 0 fully saturated rings. The fourth-order valence-corrected chi connectivity index (χ4v) is 1.23. The van der Waals surface area contributed by atoms with Crippen LogP contribution in [0.3, 0.4) is 0 Å². The second-order valence-corrected chi connectivity index (χ2v) is 3.79. The lowest BCUT2D eigenvalue weighted by Gasteiger charge is -2.20. The maximum atomic E-state index is 12.2. The molecule has 1 rings (SSSR count). The van der Waals surface area contributed by atoms with Crippen LogP contribution in [0.4, 0.5) is 13.2 Å². The number of alkyl halides is 3. The molecule has 0 aliphatic rings. The third kappa shape index (κ3) is 2.62. The maximum absolute atomic E-state index is 12.2. The van der Waals surface area contributed by atoms with Gasteiger partial charge in [-0.25, -0.2) is 0 Å². The van der Waals surface area contributed by atoms with Crippen molar-refractivity contribution in [3.8, 4) is 5.75 Å². The van der Waals surface area contributed by atoms with Crippen molar-refractivity contribution in [2.24, 2.45) is 0 Å². The highest BCUT2D eigenvalue weighted by Gasteiger charge is 2.32. The lowest BCUT2D eigenvalue weighted by molar-refractivity contribution is -0.137. The summed E-state index contributed by atoms with van der Waals surface area (Å²) in [7, 11) is 0. The lowest BCUT2D eigenvalue weighted by atomic mass is 9.96. The first-order chi connectivity index (χ1) is 6.62. The molecule has 0 saturated heterocycles. The molecule has 0 radical (unpaired) electrons. The van der Waals surface area contributed by atoms with E-state index in [-0.39, 0.29) is 5.56 Å². The summed E-state index contributed by atoms with van der Waals surface area (Å²) >= 11 is 0. The zero-order valence-electron chi connectivity index (χ0n) is 8.26. The van der Waals surface area contributed by atoms with Crippen LogP contribution < -0.4 is 0 Å². The Balaban J connectivity index is 3.21. The molecule has 5 heteroatoms. The molecule has 84 valence electrons. The van der Waals surface area contributed by atoms with Crippen molar-refractivity contribution < 1.29 is 23.4 Å². The number of benzene rings is 1. The second-order valence-electron chi connectivity index (χ2n) is 3.79. The van der Waals surface area contributed by atoms with E-state index in [0.29, 0.717) is 6.07 Å². The Hall–Kier alpha value is -1.23.